The van der Waals surface area contributed by atoms with Crippen LogP contribution in [-0.4, -0.2) is 11.8 Å². The Morgan fingerprint density at radius 3 is 2.06 bits per heavy atom. The number of carbonyl (C=O) groups is 1. The van der Waals surface area contributed by atoms with Crippen molar-refractivity contribution in [3.63, 3.8) is 0 Å². The molecule has 0 bridgehead atoms. The summed E-state index contributed by atoms with van der Waals surface area (Å²) in [5.41, 5.74) is 2.47. The predicted molar refractivity (Wildman–Crippen MR) is 68.9 cm³/mol. The number of anilines is 1. The lowest BCUT2D eigenvalue weighted by molar-refractivity contribution is -0.117. The summed E-state index contributed by atoms with van der Waals surface area (Å²) >= 11 is 0. The van der Waals surface area contributed by atoms with Gasteiger partial charge in [-0.15, -0.1) is 0 Å². The molecule has 0 amide bonds. The molecule has 1 unspecified atom stereocenters. The van der Waals surface area contributed by atoms with Crippen molar-refractivity contribution in [3.8, 4) is 0 Å². The maximum atomic E-state index is 11.1. The molecule has 0 saturated carbocycles. The summed E-state index contributed by atoms with van der Waals surface area (Å²) < 4.78 is 0. The van der Waals surface area contributed by atoms with Crippen molar-refractivity contribution in [2.45, 2.75) is 46.1 Å². The van der Waals surface area contributed by atoms with Crippen LogP contribution in [0.4, 0.5) is 5.69 Å². The first-order chi connectivity index (χ1) is 7.30. The number of hydrogen-bond donors (Lipinski definition) is 1. The number of hydrogen-bond acceptors (Lipinski definition) is 2. The van der Waals surface area contributed by atoms with E-state index in [9.17, 15) is 4.79 Å². The second kappa shape index (κ2) is 4.69. The van der Waals surface area contributed by atoms with Gasteiger partial charge in [0.1, 0.15) is 0 Å². The first-order valence-electron chi connectivity index (χ1n) is 5.68. The van der Waals surface area contributed by atoms with Gasteiger partial charge in [-0.2, -0.15) is 0 Å². The van der Waals surface area contributed by atoms with Gasteiger partial charge < -0.3 is 5.32 Å². The van der Waals surface area contributed by atoms with E-state index < -0.39 is 0 Å². The molecule has 1 aromatic carbocycles. The van der Waals surface area contributed by atoms with Crippen LogP contribution in [0, 0.1) is 0 Å². The molecule has 0 aromatic heterocycles. The van der Waals surface area contributed by atoms with E-state index in [-0.39, 0.29) is 17.2 Å². The van der Waals surface area contributed by atoms with Crippen LogP contribution in [-0.2, 0) is 10.2 Å². The van der Waals surface area contributed by atoms with Crippen LogP contribution in [0.2, 0.25) is 0 Å². The Morgan fingerprint density at radius 1 is 1.19 bits per heavy atom. The Hall–Kier alpha value is -1.31. The van der Waals surface area contributed by atoms with Crippen LogP contribution in [0.1, 0.15) is 40.2 Å². The molecule has 2 heteroatoms. The minimum atomic E-state index is -0.125. The monoisotopic (exact) mass is 219 g/mol. The third-order valence-corrected chi connectivity index (χ3v) is 2.74. The Bertz CT molecular complexity index is 359. The summed E-state index contributed by atoms with van der Waals surface area (Å²) in [5.74, 6) is 0.153. The van der Waals surface area contributed by atoms with E-state index in [1.165, 1.54) is 5.56 Å². The summed E-state index contributed by atoms with van der Waals surface area (Å²) in [6, 6.07) is 8.14. The minimum Gasteiger partial charge on any atom is -0.376 e. The number of Topliss-reactive ketones (excluding diaryl/α,β-unsaturated/α-hetero) is 1. The van der Waals surface area contributed by atoms with E-state index in [2.05, 4.69) is 38.2 Å². The molecule has 0 radical (unpaired) electrons. The van der Waals surface area contributed by atoms with Gasteiger partial charge in [-0.25, -0.2) is 0 Å². The lowest BCUT2D eigenvalue weighted by Crippen LogP contribution is -2.23. The molecule has 0 aliphatic rings. The Labute approximate surface area is 98.1 Å². The maximum absolute atomic E-state index is 11.1. The van der Waals surface area contributed by atoms with Crippen LogP contribution >= 0.6 is 0 Å². The van der Waals surface area contributed by atoms with Gasteiger partial charge in [-0.05, 0) is 37.0 Å². The molecule has 0 aliphatic carbocycles. The molecule has 0 saturated heterocycles. The van der Waals surface area contributed by atoms with E-state index in [0.29, 0.717) is 0 Å². The Morgan fingerprint density at radius 2 is 1.69 bits per heavy atom. The average Bonchev–Trinajstić information content (AvgIpc) is 2.17. The van der Waals surface area contributed by atoms with Crippen LogP contribution in [0.5, 0.6) is 0 Å². The van der Waals surface area contributed by atoms with Gasteiger partial charge >= 0.3 is 0 Å². The van der Waals surface area contributed by atoms with E-state index in [4.69, 9.17) is 0 Å². The summed E-state index contributed by atoms with van der Waals surface area (Å²) in [7, 11) is 0. The molecule has 0 fully saturated rings. The van der Waals surface area contributed by atoms with E-state index in [1.807, 2.05) is 19.1 Å². The summed E-state index contributed by atoms with van der Waals surface area (Å²) in [5, 5.41) is 3.17. The largest absolute Gasteiger partial charge is 0.376 e. The topological polar surface area (TPSA) is 29.1 Å². The molecule has 16 heavy (non-hydrogen) atoms. The van der Waals surface area contributed by atoms with Gasteiger partial charge in [-0.1, -0.05) is 32.9 Å². The van der Waals surface area contributed by atoms with Crippen molar-refractivity contribution in [1.82, 2.24) is 0 Å². The molecular weight excluding hydrogens is 198 g/mol. The molecule has 88 valence electrons. The van der Waals surface area contributed by atoms with Crippen molar-refractivity contribution in [3.05, 3.63) is 29.8 Å². The van der Waals surface area contributed by atoms with Crippen LogP contribution < -0.4 is 5.32 Å². The van der Waals surface area contributed by atoms with Crippen molar-refractivity contribution in [2.75, 3.05) is 5.32 Å². The molecular formula is C14H21NO. The molecule has 1 aromatic rings. The van der Waals surface area contributed by atoms with Crippen LogP contribution in [0.15, 0.2) is 24.3 Å². The summed E-state index contributed by atoms with van der Waals surface area (Å²) in [4.78, 5) is 11.1. The fourth-order valence-electron chi connectivity index (χ4n) is 1.42. The fourth-order valence-corrected chi connectivity index (χ4v) is 1.42. The maximum Gasteiger partial charge on any atom is 0.151 e. The van der Waals surface area contributed by atoms with Gasteiger partial charge in [0.05, 0.1) is 6.04 Å². The normalized spacial score (nSPS) is 13.3. The van der Waals surface area contributed by atoms with Crippen molar-refractivity contribution < 1.29 is 4.79 Å². The van der Waals surface area contributed by atoms with E-state index >= 15 is 0 Å². The predicted octanol–water partition coefficient (Wildman–Crippen LogP) is 3.37. The SMILES string of the molecule is CC(=O)C(C)Nc1ccc(C(C)(C)C)cc1. The van der Waals surface area contributed by atoms with Crippen LogP contribution in [0.3, 0.4) is 0 Å². The lowest BCUT2D eigenvalue weighted by atomic mass is 9.87. The molecule has 1 N–H and O–H groups in total. The quantitative estimate of drug-likeness (QED) is 0.844. The average molecular weight is 219 g/mol. The number of ketones is 1. The molecule has 1 atom stereocenters. The Kier molecular flexibility index (Phi) is 3.74. The van der Waals surface area contributed by atoms with Gasteiger partial charge in [0.2, 0.25) is 0 Å². The molecule has 0 spiro atoms. The standard InChI is InChI=1S/C14H21NO/c1-10(11(2)16)15-13-8-6-12(7-9-13)14(3,4)5/h6-10,15H,1-5H3. The first-order valence-corrected chi connectivity index (χ1v) is 5.68. The highest BCUT2D eigenvalue weighted by atomic mass is 16.1. The summed E-state index contributed by atoms with van der Waals surface area (Å²) in [6.07, 6.45) is 0. The molecule has 0 aliphatic heterocycles. The second-order valence-electron chi connectivity index (χ2n) is 5.30. The first kappa shape index (κ1) is 12.8. The fraction of sp³-hybridized carbons (Fsp3) is 0.500. The number of carbonyl (C=O) groups excluding carboxylic acids is 1. The van der Waals surface area contributed by atoms with Crippen molar-refractivity contribution in [1.29, 1.82) is 0 Å². The molecule has 1 rings (SSSR count). The number of benzene rings is 1. The minimum absolute atomic E-state index is 0.125. The highest BCUT2D eigenvalue weighted by molar-refractivity contribution is 5.83. The van der Waals surface area contributed by atoms with E-state index in [0.717, 1.165) is 5.69 Å². The van der Waals surface area contributed by atoms with Gasteiger partial charge in [0.15, 0.2) is 5.78 Å². The number of nitrogens with one attached hydrogen (secondary N) is 1. The zero-order valence-electron chi connectivity index (χ0n) is 10.8. The third-order valence-electron chi connectivity index (χ3n) is 2.74. The summed E-state index contributed by atoms with van der Waals surface area (Å²) in [6.45, 7) is 10.0. The lowest BCUT2D eigenvalue weighted by Gasteiger charge is -2.20. The highest BCUT2D eigenvalue weighted by Gasteiger charge is 2.13. The second-order valence-corrected chi connectivity index (χ2v) is 5.30. The van der Waals surface area contributed by atoms with Gasteiger partial charge in [-0.3, -0.25) is 4.79 Å². The molecule has 0 heterocycles. The highest BCUT2D eigenvalue weighted by Crippen LogP contribution is 2.23. The van der Waals surface area contributed by atoms with Crippen LogP contribution in [0.25, 0.3) is 0 Å². The zero-order chi connectivity index (χ0) is 12.3. The molecule has 2 nitrogen and oxygen atoms in total. The number of rotatable bonds is 3. The van der Waals surface area contributed by atoms with Gasteiger partial charge in [0, 0.05) is 5.69 Å². The Balaban J connectivity index is 2.76. The van der Waals surface area contributed by atoms with E-state index in [1.54, 1.807) is 6.92 Å². The van der Waals surface area contributed by atoms with Crippen molar-refractivity contribution >= 4 is 11.5 Å². The smallest absolute Gasteiger partial charge is 0.151 e. The van der Waals surface area contributed by atoms with Crippen molar-refractivity contribution in [2.24, 2.45) is 0 Å². The third kappa shape index (κ3) is 3.37. The van der Waals surface area contributed by atoms with Gasteiger partial charge in [0.25, 0.3) is 0 Å². The zero-order valence-corrected chi connectivity index (χ0v) is 10.8.